The third-order valence-electron chi connectivity index (χ3n) is 3.90. The molecule has 2 aromatic rings. The Morgan fingerprint density at radius 3 is 3.00 bits per heavy atom. The molecule has 0 aliphatic heterocycles. The smallest absolute Gasteiger partial charge is 0.0724 e. The van der Waals surface area contributed by atoms with Crippen molar-refractivity contribution in [1.29, 1.82) is 0 Å². The topological polar surface area (TPSA) is 50.9 Å². The number of aromatic nitrogens is 1. The molecule has 19 heavy (non-hydrogen) atoms. The van der Waals surface area contributed by atoms with E-state index in [2.05, 4.69) is 22.6 Å². The zero-order valence-corrected chi connectivity index (χ0v) is 11.9. The maximum absolute atomic E-state index is 6.26. The molecule has 0 amide bonds. The number of anilines is 2. The van der Waals surface area contributed by atoms with E-state index in [0.29, 0.717) is 6.04 Å². The van der Waals surface area contributed by atoms with Crippen molar-refractivity contribution in [2.75, 3.05) is 17.3 Å². The van der Waals surface area contributed by atoms with E-state index in [1.165, 1.54) is 19.3 Å². The molecule has 2 atom stereocenters. The van der Waals surface area contributed by atoms with Gasteiger partial charge in [0.15, 0.2) is 0 Å². The van der Waals surface area contributed by atoms with Crippen LogP contribution < -0.4 is 11.1 Å². The molecule has 1 saturated carbocycles. The molecule has 1 aromatic carbocycles. The molecule has 1 aliphatic rings. The number of nitrogen functional groups attached to an aromatic ring is 1. The van der Waals surface area contributed by atoms with E-state index in [9.17, 15) is 0 Å². The molecule has 2 unspecified atom stereocenters. The van der Waals surface area contributed by atoms with Gasteiger partial charge in [0.2, 0.25) is 0 Å². The van der Waals surface area contributed by atoms with Crippen LogP contribution in [0.5, 0.6) is 0 Å². The van der Waals surface area contributed by atoms with E-state index in [0.717, 1.165) is 27.5 Å². The standard InChI is InChI=1S/C15H19N3S/c1-19-11-5-4-10(9-11)18-14-7-6-13-12(15(14)16)3-2-8-17-13/h2-3,6-8,10-11,18H,4-5,9,16H2,1H3. The molecule has 0 saturated heterocycles. The number of fused-ring (bicyclic) bond motifs is 1. The van der Waals surface area contributed by atoms with Gasteiger partial charge in [-0.25, -0.2) is 0 Å². The predicted molar refractivity (Wildman–Crippen MR) is 84.7 cm³/mol. The number of nitrogens with two attached hydrogens (primary N) is 1. The summed E-state index contributed by atoms with van der Waals surface area (Å²) < 4.78 is 0. The third kappa shape index (κ3) is 2.50. The van der Waals surface area contributed by atoms with Gasteiger partial charge in [0.25, 0.3) is 0 Å². The quantitative estimate of drug-likeness (QED) is 0.840. The van der Waals surface area contributed by atoms with Crippen LogP contribution in [-0.4, -0.2) is 22.5 Å². The Kier molecular flexibility index (Phi) is 3.51. The molecule has 1 aromatic heterocycles. The SMILES string of the molecule is CSC1CCC(Nc2ccc3ncccc3c2N)C1. The highest BCUT2D eigenvalue weighted by atomic mass is 32.2. The van der Waals surface area contributed by atoms with Gasteiger partial charge in [-0.05, 0) is 49.8 Å². The first-order valence-electron chi connectivity index (χ1n) is 6.70. The number of nitrogens with one attached hydrogen (secondary N) is 1. The van der Waals surface area contributed by atoms with Gasteiger partial charge in [-0.3, -0.25) is 4.98 Å². The molecule has 1 heterocycles. The number of hydrogen-bond donors (Lipinski definition) is 2. The van der Waals surface area contributed by atoms with E-state index in [1.807, 2.05) is 30.0 Å². The Morgan fingerprint density at radius 1 is 1.32 bits per heavy atom. The maximum Gasteiger partial charge on any atom is 0.0724 e. The second kappa shape index (κ2) is 5.29. The van der Waals surface area contributed by atoms with Crippen molar-refractivity contribution < 1.29 is 0 Å². The van der Waals surface area contributed by atoms with Crippen molar-refractivity contribution in [3.63, 3.8) is 0 Å². The van der Waals surface area contributed by atoms with Gasteiger partial charge in [-0.2, -0.15) is 11.8 Å². The first-order chi connectivity index (χ1) is 9.28. The van der Waals surface area contributed by atoms with Crippen LogP contribution in [0, 0.1) is 0 Å². The van der Waals surface area contributed by atoms with Gasteiger partial charge in [0.05, 0.1) is 16.9 Å². The Morgan fingerprint density at radius 2 is 2.21 bits per heavy atom. The van der Waals surface area contributed by atoms with Gasteiger partial charge in [0, 0.05) is 22.9 Å². The number of benzene rings is 1. The summed E-state index contributed by atoms with van der Waals surface area (Å²) in [7, 11) is 0. The Bertz CT molecular complexity index is 585. The summed E-state index contributed by atoms with van der Waals surface area (Å²) in [6.07, 6.45) is 7.76. The summed E-state index contributed by atoms with van der Waals surface area (Å²) >= 11 is 1.97. The minimum atomic E-state index is 0.550. The number of pyridine rings is 1. The third-order valence-corrected chi connectivity index (χ3v) is 5.00. The molecule has 3 nitrogen and oxygen atoms in total. The maximum atomic E-state index is 6.26. The second-order valence-electron chi connectivity index (χ2n) is 5.11. The molecule has 1 aliphatic carbocycles. The van der Waals surface area contributed by atoms with Crippen LogP contribution >= 0.6 is 11.8 Å². The van der Waals surface area contributed by atoms with Crippen LogP contribution in [0.25, 0.3) is 10.9 Å². The molecule has 0 bridgehead atoms. The Balaban J connectivity index is 1.84. The van der Waals surface area contributed by atoms with E-state index < -0.39 is 0 Å². The highest BCUT2D eigenvalue weighted by molar-refractivity contribution is 7.99. The van der Waals surface area contributed by atoms with Crippen LogP contribution in [0.4, 0.5) is 11.4 Å². The fourth-order valence-electron chi connectivity index (χ4n) is 2.81. The van der Waals surface area contributed by atoms with Crippen molar-refractivity contribution in [3.8, 4) is 0 Å². The Labute approximate surface area is 118 Å². The fourth-order valence-corrected chi connectivity index (χ4v) is 3.60. The lowest BCUT2D eigenvalue weighted by Crippen LogP contribution is -2.17. The van der Waals surface area contributed by atoms with Crippen molar-refractivity contribution in [2.45, 2.75) is 30.6 Å². The van der Waals surface area contributed by atoms with E-state index in [4.69, 9.17) is 5.73 Å². The minimum absolute atomic E-state index is 0.550. The van der Waals surface area contributed by atoms with Crippen molar-refractivity contribution in [3.05, 3.63) is 30.5 Å². The summed E-state index contributed by atoms with van der Waals surface area (Å²) in [5.41, 5.74) is 9.08. The lowest BCUT2D eigenvalue weighted by molar-refractivity contribution is 0.758. The normalized spacial score (nSPS) is 22.8. The van der Waals surface area contributed by atoms with Crippen molar-refractivity contribution >= 4 is 34.0 Å². The summed E-state index contributed by atoms with van der Waals surface area (Å²) in [6, 6.07) is 8.60. The highest BCUT2D eigenvalue weighted by Crippen LogP contribution is 2.33. The molecule has 3 rings (SSSR count). The molecule has 0 radical (unpaired) electrons. The first-order valence-corrected chi connectivity index (χ1v) is 7.99. The lowest BCUT2D eigenvalue weighted by atomic mass is 10.1. The van der Waals surface area contributed by atoms with Gasteiger partial charge in [-0.1, -0.05) is 0 Å². The minimum Gasteiger partial charge on any atom is -0.397 e. The molecule has 3 N–H and O–H groups in total. The fraction of sp³-hybridized carbons (Fsp3) is 0.400. The monoisotopic (exact) mass is 273 g/mol. The van der Waals surface area contributed by atoms with Gasteiger partial charge >= 0.3 is 0 Å². The largest absolute Gasteiger partial charge is 0.397 e. The number of nitrogens with zero attached hydrogens (tertiary/aromatic N) is 1. The molecule has 4 heteroatoms. The van der Waals surface area contributed by atoms with Crippen LogP contribution in [0.2, 0.25) is 0 Å². The average molecular weight is 273 g/mol. The molecular formula is C15H19N3S. The van der Waals surface area contributed by atoms with Gasteiger partial charge in [-0.15, -0.1) is 0 Å². The second-order valence-corrected chi connectivity index (χ2v) is 6.25. The number of hydrogen-bond acceptors (Lipinski definition) is 4. The van der Waals surface area contributed by atoms with E-state index >= 15 is 0 Å². The molecule has 100 valence electrons. The highest BCUT2D eigenvalue weighted by Gasteiger charge is 2.24. The van der Waals surface area contributed by atoms with Crippen molar-refractivity contribution in [1.82, 2.24) is 4.98 Å². The molecule has 0 spiro atoms. The van der Waals surface area contributed by atoms with Crippen LogP contribution in [0.15, 0.2) is 30.5 Å². The van der Waals surface area contributed by atoms with Crippen LogP contribution in [-0.2, 0) is 0 Å². The summed E-state index contributed by atoms with van der Waals surface area (Å²) in [5, 5.41) is 5.43. The Hall–Kier alpha value is -1.42. The summed E-state index contributed by atoms with van der Waals surface area (Å²) in [6.45, 7) is 0. The van der Waals surface area contributed by atoms with Crippen molar-refractivity contribution in [2.24, 2.45) is 0 Å². The molecular weight excluding hydrogens is 254 g/mol. The van der Waals surface area contributed by atoms with Gasteiger partial charge < -0.3 is 11.1 Å². The predicted octanol–water partition coefficient (Wildman–Crippen LogP) is 3.51. The van der Waals surface area contributed by atoms with Gasteiger partial charge in [0.1, 0.15) is 0 Å². The summed E-state index contributed by atoms with van der Waals surface area (Å²) in [5.74, 6) is 0. The zero-order chi connectivity index (χ0) is 13.2. The van der Waals surface area contributed by atoms with Crippen LogP contribution in [0.3, 0.4) is 0 Å². The first kappa shape index (κ1) is 12.6. The molecule has 1 fully saturated rings. The van der Waals surface area contributed by atoms with E-state index in [-0.39, 0.29) is 0 Å². The summed E-state index contributed by atoms with van der Waals surface area (Å²) in [4.78, 5) is 4.33. The van der Waals surface area contributed by atoms with E-state index in [1.54, 1.807) is 6.20 Å². The number of thioether (sulfide) groups is 1. The average Bonchev–Trinajstić information content (AvgIpc) is 2.90. The number of rotatable bonds is 3. The zero-order valence-electron chi connectivity index (χ0n) is 11.1. The lowest BCUT2D eigenvalue weighted by Gasteiger charge is -2.17. The van der Waals surface area contributed by atoms with Crippen LogP contribution in [0.1, 0.15) is 19.3 Å².